The van der Waals surface area contributed by atoms with E-state index >= 15 is 0 Å². The summed E-state index contributed by atoms with van der Waals surface area (Å²) in [6.45, 7) is 9.66. The number of aromatic nitrogens is 2. The fourth-order valence-corrected chi connectivity index (χ4v) is 6.17. The van der Waals surface area contributed by atoms with Crippen LogP contribution in [0.1, 0.15) is 46.1 Å². The van der Waals surface area contributed by atoms with Crippen LogP contribution in [0.15, 0.2) is 66.7 Å². The minimum absolute atomic E-state index is 0.000155. The zero-order valence-corrected chi connectivity index (χ0v) is 17.7. The molecule has 5 aromatic rings. The van der Waals surface area contributed by atoms with Crippen molar-refractivity contribution >= 4 is 38.4 Å². The lowest BCUT2D eigenvalue weighted by atomic mass is 9.62. The molecule has 0 N–H and O–H groups in total. The second kappa shape index (κ2) is 5.38. The van der Waals surface area contributed by atoms with E-state index in [1.165, 1.54) is 43.9 Å². The Morgan fingerprint density at radius 3 is 2.21 bits per heavy atom. The van der Waals surface area contributed by atoms with Crippen LogP contribution in [-0.2, 0) is 11.0 Å². The number of benzene rings is 3. The number of pyridine rings is 1. The lowest BCUT2D eigenvalue weighted by Crippen LogP contribution is -2.66. The molecule has 3 aromatic carbocycles. The van der Waals surface area contributed by atoms with Gasteiger partial charge >= 0.3 is 0 Å². The summed E-state index contributed by atoms with van der Waals surface area (Å²) in [7, 11) is 0. The Balaban J connectivity index is 2.08. The van der Waals surface area contributed by atoms with E-state index in [0.717, 1.165) is 12.8 Å². The third kappa shape index (κ3) is 1.73. The van der Waals surface area contributed by atoms with Gasteiger partial charge < -0.3 is 0 Å². The van der Waals surface area contributed by atoms with E-state index < -0.39 is 0 Å². The fraction of sp³-hybridized carbons (Fsp3) is 0.296. The highest BCUT2D eigenvalue weighted by atomic mass is 15.2. The highest BCUT2D eigenvalue weighted by molar-refractivity contribution is 6.14. The molecule has 2 heteroatoms. The van der Waals surface area contributed by atoms with Crippen molar-refractivity contribution in [2.75, 3.05) is 0 Å². The minimum Gasteiger partial charge on any atom is -0.216 e. The third-order valence-electron chi connectivity index (χ3n) is 8.18. The molecular formula is C27H27N2+. The Labute approximate surface area is 171 Å². The smallest absolute Gasteiger partial charge is 0.216 e. The highest BCUT2D eigenvalue weighted by Gasteiger charge is 2.54. The van der Waals surface area contributed by atoms with Crippen LogP contribution in [0.4, 0.5) is 0 Å². The Morgan fingerprint density at radius 2 is 1.45 bits per heavy atom. The lowest BCUT2D eigenvalue weighted by molar-refractivity contribution is -0.728. The van der Waals surface area contributed by atoms with Crippen molar-refractivity contribution in [3.05, 3.63) is 72.3 Å². The Kier molecular flexibility index (Phi) is 3.16. The first-order valence-electron chi connectivity index (χ1n) is 10.9. The third-order valence-corrected chi connectivity index (χ3v) is 8.18. The number of rotatable bonds is 2. The van der Waals surface area contributed by atoms with Crippen molar-refractivity contribution in [3.8, 4) is 0 Å². The molecular weight excluding hydrogens is 352 g/mol. The zero-order valence-electron chi connectivity index (χ0n) is 17.7. The van der Waals surface area contributed by atoms with Crippen LogP contribution in [0.3, 0.4) is 0 Å². The Bertz CT molecular complexity index is 1460. The van der Waals surface area contributed by atoms with E-state index in [2.05, 4.69) is 103 Å². The SMILES string of the molecule is CCC1(C)c2cccc3c4ccccc4n4c5ccccc5[n+](c4c23)C1(C)CC. The van der Waals surface area contributed by atoms with Crippen molar-refractivity contribution in [2.45, 2.75) is 51.5 Å². The van der Waals surface area contributed by atoms with Crippen molar-refractivity contribution < 1.29 is 4.57 Å². The molecule has 6 rings (SSSR count). The van der Waals surface area contributed by atoms with Gasteiger partial charge in [-0.05, 0) is 43.5 Å². The molecule has 0 bridgehead atoms. The van der Waals surface area contributed by atoms with Crippen LogP contribution < -0.4 is 4.57 Å². The number of hydrogen-bond donors (Lipinski definition) is 0. The molecule has 2 nitrogen and oxygen atoms in total. The van der Waals surface area contributed by atoms with E-state index in [1.54, 1.807) is 0 Å². The molecule has 0 saturated heterocycles. The summed E-state index contributed by atoms with van der Waals surface area (Å²) in [5.74, 6) is 0. The maximum Gasteiger partial charge on any atom is 0.296 e. The van der Waals surface area contributed by atoms with E-state index in [9.17, 15) is 0 Å². The molecule has 29 heavy (non-hydrogen) atoms. The predicted octanol–water partition coefficient (Wildman–Crippen LogP) is 6.49. The number of nitrogens with zero attached hydrogens (tertiary/aromatic N) is 2. The first-order valence-corrected chi connectivity index (χ1v) is 10.9. The van der Waals surface area contributed by atoms with Crippen LogP contribution in [0, 0.1) is 0 Å². The summed E-state index contributed by atoms with van der Waals surface area (Å²) in [5.41, 5.74) is 6.84. The molecule has 0 fully saturated rings. The second-order valence-electron chi connectivity index (χ2n) is 9.04. The van der Waals surface area contributed by atoms with Gasteiger partial charge in [-0.25, -0.2) is 4.57 Å². The van der Waals surface area contributed by atoms with Crippen molar-refractivity contribution in [2.24, 2.45) is 0 Å². The van der Waals surface area contributed by atoms with Gasteiger partial charge in [-0.3, -0.25) is 0 Å². The minimum atomic E-state index is -0.000155. The van der Waals surface area contributed by atoms with Crippen LogP contribution in [0.2, 0.25) is 0 Å². The summed E-state index contributed by atoms with van der Waals surface area (Å²) in [5, 5.41) is 4.14. The number of imidazole rings is 1. The second-order valence-corrected chi connectivity index (χ2v) is 9.04. The normalized spacial score (nSPS) is 23.7. The van der Waals surface area contributed by atoms with Gasteiger partial charge in [0.1, 0.15) is 11.1 Å². The number of fused-ring (bicyclic) bond motifs is 6. The van der Waals surface area contributed by atoms with Gasteiger partial charge in [-0.2, -0.15) is 4.40 Å². The van der Waals surface area contributed by atoms with E-state index in [0.29, 0.717) is 0 Å². The Morgan fingerprint density at radius 1 is 0.759 bits per heavy atom. The summed E-state index contributed by atoms with van der Waals surface area (Å²) in [4.78, 5) is 0. The Hall–Kier alpha value is -2.87. The van der Waals surface area contributed by atoms with Crippen molar-refractivity contribution in [1.82, 2.24) is 4.40 Å². The molecule has 0 saturated carbocycles. The van der Waals surface area contributed by atoms with Crippen LogP contribution >= 0.6 is 0 Å². The molecule has 3 heterocycles. The zero-order chi connectivity index (χ0) is 20.0. The van der Waals surface area contributed by atoms with E-state index in [1.807, 2.05) is 0 Å². The number of hydrogen-bond acceptors (Lipinski definition) is 0. The summed E-state index contributed by atoms with van der Waals surface area (Å²) >= 11 is 0. The monoisotopic (exact) mass is 379 g/mol. The molecule has 1 aliphatic rings. The molecule has 2 atom stereocenters. The lowest BCUT2D eigenvalue weighted by Gasteiger charge is -2.46. The first kappa shape index (κ1) is 17.0. The maximum atomic E-state index is 2.67. The van der Waals surface area contributed by atoms with Gasteiger partial charge in [0.25, 0.3) is 5.65 Å². The van der Waals surface area contributed by atoms with Gasteiger partial charge in [0, 0.05) is 16.2 Å². The molecule has 0 radical (unpaired) electrons. The molecule has 1 aliphatic heterocycles. The standard InChI is InChI=1S/C27H27N2/c1-5-26(3)20-14-11-13-19-18-12-7-8-15-21(18)28-22-16-9-10-17-23(22)29(25(28)24(19)20)27(26,4)6-2/h7-17H,5-6H2,1-4H3/q+1. The first-order chi connectivity index (χ1) is 14.1. The van der Waals surface area contributed by atoms with E-state index in [4.69, 9.17) is 0 Å². The van der Waals surface area contributed by atoms with Crippen molar-refractivity contribution in [1.29, 1.82) is 0 Å². The largest absolute Gasteiger partial charge is 0.296 e. The van der Waals surface area contributed by atoms with Gasteiger partial charge in [-0.1, -0.05) is 69.3 Å². The topological polar surface area (TPSA) is 8.29 Å². The van der Waals surface area contributed by atoms with Gasteiger partial charge in [0.2, 0.25) is 0 Å². The van der Waals surface area contributed by atoms with E-state index in [-0.39, 0.29) is 11.0 Å². The molecule has 2 aromatic heterocycles. The molecule has 2 unspecified atom stereocenters. The fourth-order valence-electron chi connectivity index (χ4n) is 6.17. The van der Waals surface area contributed by atoms with Gasteiger partial charge in [-0.15, -0.1) is 0 Å². The quantitative estimate of drug-likeness (QED) is 0.245. The van der Waals surface area contributed by atoms with Crippen LogP contribution in [0.5, 0.6) is 0 Å². The average molecular weight is 380 g/mol. The summed E-state index contributed by atoms with van der Waals surface area (Å²) in [6, 6.07) is 24.8. The molecule has 0 aliphatic carbocycles. The maximum absolute atomic E-state index is 2.67. The van der Waals surface area contributed by atoms with Crippen molar-refractivity contribution in [3.63, 3.8) is 0 Å². The molecule has 144 valence electrons. The summed E-state index contributed by atoms with van der Waals surface area (Å²) < 4.78 is 5.19. The van der Waals surface area contributed by atoms with Crippen LogP contribution in [0.25, 0.3) is 38.4 Å². The summed E-state index contributed by atoms with van der Waals surface area (Å²) in [6.07, 6.45) is 2.20. The molecule has 0 spiro atoms. The highest BCUT2D eigenvalue weighted by Crippen LogP contribution is 2.50. The van der Waals surface area contributed by atoms with Gasteiger partial charge in [0.15, 0.2) is 11.0 Å². The number of para-hydroxylation sites is 3. The molecule has 0 amide bonds. The van der Waals surface area contributed by atoms with Gasteiger partial charge in [0.05, 0.1) is 5.39 Å². The van der Waals surface area contributed by atoms with Crippen LogP contribution in [-0.4, -0.2) is 4.40 Å². The average Bonchev–Trinajstić information content (AvgIpc) is 3.13. The predicted molar refractivity (Wildman–Crippen MR) is 122 cm³/mol.